The van der Waals surface area contributed by atoms with Crippen molar-refractivity contribution in [1.29, 1.82) is 0 Å². The quantitative estimate of drug-likeness (QED) is 0.380. The van der Waals surface area contributed by atoms with Crippen molar-refractivity contribution in [3.05, 3.63) is 53.0 Å². The smallest absolute Gasteiger partial charge is 0.272 e. The van der Waals surface area contributed by atoms with E-state index in [2.05, 4.69) is 25.1 Å². The summed E-state index contributed by atoms with van der Waals surface area (Å²) in [7, 11) is 0. The first kappa shape index (κ1) is 19.0. The van der Waals surface area contributed by atoms with Gasteiger partial charge in [-0.25, -0.2) is 9.37 Å². The fourth-order valence-corrected chi connectivity index (χ4v) is 3.76. The summed E-state index contributed by atoms with van der Waals surface area (Å²) in [6.07, 6.45) is 5.38. The number of pyridine rings is 1. The Kier molecular flexibility index (Phi) is 4.32. The summed E-state index contributed by atoms with van der Waals surface area (Å²) in [4.78, 5) is 24.5. The topological polar surface area (TPSA) is 123 Å². The SMILES string of the molecule is CC[C@H](C)Oc1cc2c(-c3ccc(F)c4[nH]ncc34)c(N)c(=O)[nH]c2c2nccnc12. The highest BCUT2D eigenvalue weighted by molar-refractivity contribution is 6.14. The molecule has 0 fully saturated rings. The molecule has 156 valence electrons. The van der Waals surface area contributed by atoms with Crippen molar-refractivity contribution in [3.63, 3.8) is 0 Å². The van der Waals surface area contributed by atoms with Gasteiger partial charge < -0.3 is 15.5 Å². The highest BCUT2D eigenvalue weighted by Crippen LogP contribution is 2.40. The molecule has 0 aliphatic carbocycles. The maximum atomic E-state index is 14.3. The van der Waals surface area contributed by atoms with Crippen LogP contribution >= 0.6 is 0 Å². The van der Waals surface area contributed by atoms with Crippen LogP contribution in [0.3, 0.4) is 0 Å². The van der Waals surface area contributed by atoms with E-state index in [0.717, 1.165) is 6.42 Å². The molecule has 0 bridgehead atoms. The molecule has 4 N–H and O–H groups in total. The molecule has 5 aromatic rings. The van der Waals surface area contributed by atoms with Gasteiger partial charge in [-0.05, 0) is 31.0 Å². The number of H-pyrrole nitrogens is 2. The number of ether oxygens (including phenoxy) is 1. The molecule has 0 spiro atoms. The van der Waals surface area contributed by atoms with Crippen LogP contribution in [0.15, 0.2) is 41.6 Å². The number of benzene rings is 2. The Morgan fingerprint density at radius 2 is 1.94 bits per heavy atom. The second kappa shape index (κ2) is 7.05. The maximum Gasteiger partial charge on any atom is 0.272 e. The lowest BCUT2D eigenvalue weighted by molar-refractivity contribution is 0.220. The molecule has 0 aliphatic rings. The van der Waals surface area contributed by atoms with E-state index in [4.69, 9.17) is 10.5 Å². The largest absolute Gasteiger partial charge is 0.488 e. The van der Waals surface area contributed by atoms with E-state index < -0.39 is 11.4 Å². The number of aromatic nitrogens is 5. The van der Waals surface area contributed by atoms with E-state index in [1.807, 2.05) is 13.8 Å². The monoisotopic (exact) mass is 418 g/mol. The van der Waals surface area contributed by atoms with Gasteiger partial charge in [0, 0.05) is 28.7 Å². The van der Waals surface area contributed by atoms with Gasteiger partial charge in [0.25, 0.3) is 5.56 Å². The van der Waals surface area contributed by atoms with Crippen LogP contribution in [0.4, 0.5) is 10.1 Å². The Labute approximate surface area is 175 Å². The molecule has 3 heterocycles. The zero-order valence-corrected chi connectivity index (χ0v) is 16.9. The Morgan fingerprint density at radius 1 is 1.16 bits per heavy atom. The van der Waals surface area contributed by atoms with Gasteiger partial charge in [0.05, 0.1) is 17.8 Å². The van der Waals surface area contributed by atoms with Crippen molar-refractivity contribution in [3.8, 4) is 16.9 Å². The number of nitrogens with two attached hydrogens (primary N) is 1. The number of hydrogen-bond donors (Lipinski definition) is 3. The maximum absolute atomic E-state index is 14.3. The van der Waals surface area contributed by atoms with E-state index in [-0.39, 0.29) is 17.3 Å². The third-order valence-corrected chi connectivity index (χ3v) is 5.47. The van der Waals surface area contributed by atoms with Gasteiger partial charge in [0.15, 0.2) is 0 Å². The lowest BCUT2D eigenvalue weighted by atomic mass is 9.96. The van der Waals surface area contributed by atoms with Crippen molar-refractivity contribution < 1.29 is 9.13 Å². The number of hydrogen-bond acceptors (Lipinski definition) is 6. The highest BCUT2D eigenvalue weighted by atomic mass is 19.1. The number of nitrogens with zero attached hydrogens (tertiary/aromatic N) is 3. The first-order valence-electron chi connectivity index (χ1n) is 9.87. The van der Waals surface area contributed by atoms with Gasteiger partial charge in [0.2, 0.25) is 0 Å². The lowest BCUT2D eigenvalue weighted by Crippen LogP contribution is -2.15. The minimum Gasteiger partial charge on any atom is -0.488 e. The van der Waals surface area contributed by atoms with Crippen molar-refractivity contribution in [1.82, 2.24) is 25.1 Å². The standard InChI is InChI=1S/C22H19FN6O2/c1-3-10(2)31-15-8-12-16(11-4-5-14(23)18-13(11)9-27-29-18)17(24)22(30)28-19(12)21-20(15)25-6-7-26-21/h4-10H,3,24H2,1-2H3,(H,27,29)(H,28,30)/t10-/m0/s1. The Hall–Kier alpha value is -4.01. The third kappa shape index (κ3) is 2.89. The Balaban J connectivity index is 1.95. The number of aromatic amines is 2. The molecule has 0 saturated heterocycles. The van der Waals surface area contributed by atoms with Crippen LogP contribution in [0.5, 0.6) is 5.75 Å². The average Bonchev–Trinajstić information content (AvgIpc) is 3.27. The van der Waals surface area contributed by atoms with Gasteiger partial charge in [0.1, 0.15) is 33.8 Å². The first-order chi connectivity index (χ1) is 15.0. The molecule has 0 unspecified atom stereocenters. The van der Waals surface area contributed by atoms with E-state index in [9.17, 15) is 9.18 Å². The molecular weight excluding hydrogens is 399 g/mol. The van der Waals surface area contributed by atoms with E-state index in [1.54, 1.807) is 24.5 Å². The molecule has 1 atom stereocenters. The number of fused-ring (bicyclic) bond motifs is 4. The van der Waals surface area contributed by atoms with Crippen molar-refractivity contribution in [2.75, 3.05) is 5.73 Å². The fourth-order valence-electron chi connectivity index (χ4n) is 3.76. The van der Waals surface area contributed by atoms with Gasteiger partial charge in [-0.1, -0.05) is 13.0 Å². The minimum atomic E-state index is -0.467. The molecule has 0 aliphatic heterocycles. The molecule has 31 heavy (non-hydrogen) atoms. The molecule has 2 aromatic carbocycles. The number of rotatable bonds is 4. The van der Waals surface area contributed by atoms with Gasteiger partial charge in [-0.2, -0.15) is 5.10 Å². The number of anilines is 1. The predicted octanol–water partition coefficient (Wildman–Crippen LogP) is 3.91. The summed E-state index contributed by atoms with van der Waals surface area (Å²) >= 11 is 0. The highest BCUT2D eigenvalue weighted by Gasteiger charge is 2.21. The van der Waals surface area contributed by atoms with Crippen LogP contribution < -0.4 is 16.0 Å². The lowest BCUT2D eigenvalue weighted by Gasteiger charge is -2.17. The molecule has 5 rings (SSSR count). The molecule has 0 saturated carbocycles. The van der Waals surface area contributed by atoms with Crippen LogP contribution in [0.25, 0.3) is 44.0 Å². The van der Waals surface area contributed by atoms with Crippen LogP contribution in [-0.2, 0) is 0 Å². The van der Waals surface area contributed by atoms with Crippen molar-refractivity contribution >= 4 is 38.5 Å². The summed E-state index contributed by atoms with van der Waals surface area (Å²) in [5.74, 6) is 0.0873. The molecular formula is C22H19FN6O2. The van der Waals surface area contributed by atoms with Crippen LogP contribution in [0, 0.1) is 5.82 Å². The van der Waals surface area contributed by atoms with E-state index in [0.29, 0.717) is 44.2 Å². The molecule has 0 amide bonds. The third-order valence-electron chi connectivity index (χ3n) is 5.47. The van der Waals surface area contributed by atoms with E-state index >= 15 is 0 Å². The number of nitrogens with one attached hydrogen (secondary N) is 2. The van der Waals surface area contributed by atoms with Crippen LogP contribution in [0.2, 0.25) is 0 Å². The van der Waals surface area contributed by atoms with Crippen LogP contribution in [-0.4, -0.2) is 31.3 Å². The predicted molar refractivity (Wildman–Crippen MR) is 118 cm³/mol. The summed E-state index contributed by atoms with van der Waals surface area (Å²) in [6.45, 7) is 3.98. The van der Waals surface area contributed by atoms with Crippen LogP contribution in [0.1, 0.15) is 20.3 Å². The van der Waals surface area contributed by atoms with Crippen molar-refractivity contribution in [2.45, 2.75) is 26.4 Å². The van der Waals surface area contributed by atoms with Gasteiger partial charge in [-0.15, -0.1) is 0 Å². The molecule has 9 heteroatoms. The summed E-state index contributed by atoms with van der Waals surface area (Å²) in [5.41, 5.74) is 8.59. The fraction of sp³-hybridized carbons (Fsp3) is 0.182. The summed E-state index contributed by atoms with van der Waals surface area (Å²) < 4.78 is 20.4. The number of nitrogen functional groups attached to an aromatic ring is 1. The average molecular weight is 418 g/mol. The van der Waals surface area contributed by atoms with E-state index in [1.165, 1.54) is 12.3 Å². The zero-order valence-electron chi connectivity index (χ0n) is 16.9. The Bertz CT molecular complexity index is 1520. The first-order valence-corrected chi connectivity index (χ1v) is 9.87. The molecule has 3 aromatic heterocycles. The minimum absolute atomic E-state index is 0.0133. The number of halogens is 1. The van der Waals surface area contributed by atoms with Gasteiger partial charge in [-0.3, -0.25) is 14.9 Å². The van der Waals surface area contributed by atoms with Gasteiger partial charge >= 0.3 is 0 Å². The van der Waals surface area contributed by atoms with Crippen molar-refractivity contribution in [2.24, 2.45) is 0 Å². The summed E-state index contributed by atoms with van der Waals surface area (Å²) in [5, 5.41) is 7.75. The Morgan fingerprint density at radius 3 is 2.71 bits per heavy atom. The second-order valence-electron chi connectivity index (χ2n) is 7.38. The normalized spacial score (nSPS) is 12.6. The molecule has 8 nitrogen and oxygen atoms in total. The molecule has 0 radical (unpaired) electrons. The summed E-state index contributed by atoms with van der Waals surface area (Å²) in [6, 6.07) is 4.71. The second-order valence-corrected chi connectivity index (χ2v) is 7.38. The zero-order chi connectivity index (χ0) is 21.7.